The Balaban J connectivity index is 1.79. The smallest absolute Gasteiger partial charge is 0.179 e. The first-order chi connectivity index (χ1) is 9.70. The molecule has 1 aliphatic rings. The average Bonchev–Trinajstić information content (AvgIpc) is 3.11. The van der Waals surface area contributed by atoms with Crippen molar-refractivity contribution in [1.29, 1.82) is 0 Å². The molecule has 1 N–H and O–H groups in total. The van der Waals surface area contributed by atoms with Gasteiger partial charge < -0.3 is 14.5 Å². The molecule has 0 spiro atoms. The predicted molar refractivity (Wildman–Crippen MR) is 83.6 cm³/mol. The molecule has 0 aliphatic carbocycles. The molecule has 0 unspecified atom stereocenters. The van der Waals surface area contributed by atoms with Crippen LogP contribution < -0.4 is 0 Å². The lowest BCUT2D eigenvalue weighted by Crippen LogP contribution is -2.21. The number of aromatic amines is 1. The first kappa shape index (κ1) is 13.8. The van der Waals surface area contributed by atoms with E-state index in [0.29, 0.717) is 0 Å². The number of aryl methyl sites for hydroxylation is 3. The maximum atomic E-state index is 5.47. The minimum atomic E-state index is 0.823. The van der Waals surface area contributed by atoms with E-state index in [1.807, 2.05) is 11.6 Å². The van der Waals surface area contributed by atoms with Crippen molar-refractivity contribution in [3.63, 3.8) is 0 Å². The third-order valence-electron chi connectivity index (χ3n) is 4.19. The normalized spacial score (nSPS) is 16.5. The second-order valence-corrected chi connectivity index (χ2v) is 5.97. The highest BCUT2D eigenvalue weighted by atomic mass is 32.1. The van der Waals surface area contributed by atoms with E-state index in [1.54, 1.807) is 0 Å². The lowest BCUT2D eigenvalue weighted by atomic mass is 10.4. The number of likely N-dealkylation sites (tertiary alicyclic amines) is 1. The summed E-state index contributed by atoms with van der Waals surface area (Å²) in [7, 11) is 0. The Morgan fingerprint density at radius 1 is 1.25 bits per heavy atom. The molecule has 0 aromatic carbocycles. The highest BCUT2D eigenvalue weighted by molar-refractivity contribution is 7.71. The Kier molecular flexibility index (Phi) is 3.94. The summed E-state index contributed by atoms with van der Waals surface area (Å²) in [6.45, 7) is 9.71. The summed E-state index contributed by atoms with van der Waals surface area (Å²) < 4.78 is 5.08. The number of aromatic nitrogens is 4. The molecule has 0 radical (unpaired) electrons. The summed E-state index contributed by atoms with van der Waals surface area (Å²) >= 11 is 5.47. The Morgan fingerprint density at radius 3 is 2.70 bits per heavy atom. The van der Waals surface area contributed by atoms with Crippen LogP contribution in [0.1, 0.15) is 31.9 Å². The highest BCUT2D eigenvalue weighted by Crippen LogP contribution is 2.18. The molecule has 0 saturated carbocycles. The monoisotopic (exact) mass is 293 g/mol. The Bertz CT molecular complexity index is 644. The van der Waals surface area contributed by atoms with Crippen molar-refractivity contribution in [3.05, 3.63) is 10.5 Å². The minimum absolute atomic E-state index is 0.823. The van der Waals surface area contributed by atoms with Gasteiger partial charge in [0.1, 0.15) is 5.52 Å². The number of H-pyrrole nitrogens is 1. The molecule has 1 aliphatic heterocycles. The lowest BCUT2D eigenvalue weighted by Gasteiger charge is -2.14. The van der Waals surface area contributed by atoms with Crippen LogP contribution in [-0.4, -0.2) is 43.9 Å². The average molecular weight is 293 g/mol. The number of hydrogen-bond acceptors (Lipinski definition) is 3. The third-order valence-corrected chi connectivity index (χ3v) is 4.51. The van der Waals surface area contributed by atoms with Gasteiger partial charge in [-0.2, -0.15) is 5.10 Å². The standard InChI is InChI=1S/C14H23N5S/c1-3-19-13-12(11(2)16-19)15-14(20)18(13)10-6-9-17-7-4-5-8-17/h3-10H2,1-2H3,(H,15,20). The van der Waals surface area contributed by atoms with Crippen LogP contribution >= 0.6 is 12.2 Å². The molecule has 2 aromatic rings. The SMILES string of the molecule is CCn1nc(C)c2[nH]c(=S)n(CCCN3CCCC3)c21. The molecular weight excluding hydrogens is 270 g/mol. The minimum Gasteiger partial charge on any atom is -0.328 e. The van der Waals surface area contributed by atoms with Crippen molar-refractivity contribution in [2.45, 2.75) is 46.2 Å². The van der Waals surface area contributed by atoms with Crippen molar-refractivity contribution in [3.8, 4) is 0 Å². The largest absolute Gasteiger partial charge is 0.328 e. The van der Waals surface area contributed by atoms with Gasteiger partial charge in [-0.25, -0.2) is 4.68 Å². The zero-order chi connectivity index (χ0) is 14.1. The van der Waals surface area contributed by atoms with Gasteiger partial charge in [0.15, 0.2) is 10.4 Å². The van der Waals surface area contributed by atoms with E-state index in [0.717, 1.165) is 41.1 Å². The van der Waals surface area contributed by atoms with Crippen LogP contribution in [0.15, 0.2) is 0 Å². The number of nitrogens with zero attached hydrogens (tertiary/aromatic N) is 4. The van der Waals surface area contributed by atoms with E-state index in [1.165, 1.54) is 32.5 Å². The summed E-state index contributed by atoms with van der Waals surface area (Å²) in [6.07, 6.45) is 3.86. The van der Waals surface area contributed by atoms with E-state index in [2.05, 4.69) is 26.5 Å². The van der Waals surface area contributed by atoms with Crippen LogP contribution in [0.25, 0.3) is 11.2 Å². The first-order valence-corrected chi connectivity index (χ1v) is 8.00. The van der Waals surface area contributed by atoms with Gasteiger partial charge in [-0.3, -0.25) is 0 Å². The first-order valence-electron chi connectivity index (χ1n) is 7.59. The molecular formula is C14H23N5S. The fourth-order valence-electron chi connectivity index (χ4n) is 3.15. The number of hydrogen-bond donors (Lipinski definition) is 1. The summed E-state index contributed by atoms with van der Waals surface area (Å²) in [5.74, 6) is 0. The van der Waals surface area contributed by atoms with Gasteiger partial charge in [0, 0.05) is 13.1 Å². The van der Waals surface area contributed by atoms with Crippen molar-refractivity contribution in [1.82, 2.24) is 24.2 Å². The molecule has 0 bridgehead atoms. The van der Waals surface area contributed by atoms with Crippen molar-refractivity contribution in [2.24, 2.45) is 0 Å². The number of rotatable bonds is 5. The molecule has 3 heterocycles. The maximum Gasteiger partial charge on any atom is 0.179 e. The lowest BCUT2D eigenvalue weighted by molar-refractivity contribution is 0.325. The number of imidazole rings is 1. The highest BCUT2D eigenvalue weighted by Gasteiger charge is 2.15. The zero-order valence-electron chi connectivity index (χ0n) is 12.4. The topological polar surface area (TPSA) is 41.8 Å². The molecule has 6 heteroatoms. The summed E-state index contributed by atoms with van der Waals surface area (Å²) in [4.78, 5) is 5.86. The Labute approximate surface area is 124 Å². The van der Waals surface area contributed by atoms with E-state index < -0.39 is 0 Å². The van der Waals surface area contributed by atoms with Crippen LogP contribution in [0.5, 0.6) is 0 Å². The summed E-state index contributed by atoms with van der Waals surface area (Å²) in [5.41, 5.74) is 3.28. The second-order valence-electron chi connectivity index (χ2n) is 5.58. The molecule has 1 saturated heterocycles. The zero-order valence-corrected chi connectivity index (χ0v) is 13.2. The quantitative estimate of drug-likeness (QED) is 0.862. The predicted octanol–water partition coefficient (Wildman–Crippen LogP) is 2.71. The fourth-order valence-corrected chi connectivity index (χ4v) is 3.43. The van der Waals surface area contributed by atoms with Crippen molar-refractivity contribution in [2.75, 3.05) is 19.6 Å². The van der Waals surface area contributed by atoms with E-state index in [9.17, 15) is 0 Å². The fraction of sp³-hybridized carbons (Fsp3) is 0.714. The number of nitrogens with one attached hydrogen (secondary N) is 1. The van der Waals surface area contributed by atoms with Gasteiger partial charge in [0.2, 0.25) is 0 Å². The van der Waals surface area contributed by atoms with Gasteiger partial charge in [-0.1, -0.05) is 0 Å². The molecule has 2 aromatic heterocycles. The van der Waals surface area contributed by atoms with Crippen LogP contribution in [0.4, 0.5) is 0 Å². The van der Waals surface area contributed by atoms with E-state index >= 15 is 0 Å². The molecule has 0 amide bonds. The van der Waals surface area contributed by atoms with Gasteiger partial charge in [-0.05, 0) is 65.0 Å². The third kappa shape index (κ3) is 2.42. The van der Waals surface area contributed by atoms with Crippen molar-refractivity contribution < 1.29 is 0 Å². The molecule has 1 fully saturated rings. The van der Waals surface area contributed by atoms with Crippen LogP contribution in [0.2, 0.25) is 0 Å². The Morgan fingerprint density at radius 2 is 2.00 bits per heavy atom. The molecule has 0 atom stereocenters. The van der Waals surface area contributed by atoms with E-state index in [4.69, 9.17) is 12.2 Å². The maximum absolute atomic E-state index is 5.47. The molecule has 3 rings (SSSR count). The van der Waals surface area contributed by atoms with Gasteiger partial charge in [-0.15, -0.1) is 0 Å². The summed E-state index contributed by atoms with van der Waals surface area (Å²) in [6, 6.07) is 0. The second kappa shape index (κ2) is 5.69. The van der Waals surface area contributed by atoms with Crippen molar-refractivity contribution >= 4 is 23.4 Å². The van der Waals surface area contributed by atoms with Crippen LogP contribution in [0, 0.1) is 11.7 Å². The van der Waals surface area contributed by atoms with Crippen LogP contribution in [0.3, 0.4) is 0 Å². The number of fused-ring (bicyclic) bond motifs is 1. The summed E-state index contributed by atoms with van der Waals surface area (Å²) in [5, 5.41) is 4.56. The molecule has 20 heavy (non-hydrogen) atoms. The van der Waals surface area contributed by atoms with Gasteiger partial charge in [0.25, 0.3) is 0 Å². The van der Waals surface area contributed by atoms with E-state index in [-0.39, 0.29) is 0 Å². The molecule has 110 valence electrons. The Hall–Kier alpha value is -1.14. The van der Waals surface area contributed by atoms with Gasteiger partial charge >= 0.3 is 0 Å². The molecule has 5 nitrogen and oxygen atoms in total. The van der Waals surface area contributed by atoms with Gasteiger partial charge in [0.05, 0.1) is 5.69 Å². The van der Waals surface area contributed by atoms with Crippen LogP contribution in [-0.2, 0) is 13.1 Å².